The van der Waals surface area contributed by atoms with Crippen LogP contribution in [0.3, 0.4) is 0 Å². The van der Waals surface area contributed by atoms with E-state index in [9.17, 15) is 19.5 Å². The number of carbonyl (C=O) groups excluding carboxylic acids is 1. The van der Waals surface area contributed by atoms with Gasteiger partial charge in [-0.15, -0.1) is 0 Å². The molecule has 0 amide bonds. The summed E-state index contributed by atoms with van der Waals surface area (Å²) in [6.45, 7) is 2.12. The summed E-state index contributed by atoms with van der Waals surface area (Å²) < 4.78 is 4.72. The van der Waals surface area contributed by atoms with Crippen molar-refractivity contribution in [1.29, 1.82) is 0 Å². The molecular weight excluding hydrogens is 256 g/mol. The van der Waals surface area contributed by atoms with Gasteiger partial charge in [-0.05, 0) is 6.42 Å². The minimum Gasteiger partial charge on any atom is -0.481 e. The van der Waals surface area contributed by atoms with E-state index >= 15 is 0 Å². The molecule has 0 saturated carbocycles. The first-order valence-electron chi connectivity index (χ1n) is 6.19. The van der Waals surface area contributed by atoms with Gasteiger partial charge < -0.3 is 20.1 Å². The summed E-state index contributed by atoms with van der Waals surface area (Å²) in [6.07, 6.45) is 0.731. The van der Waals surface area contributed by atoms with E-state index in [2.05, 4.69) is 0 Å². The molecule has 0 aliphatic carbocycles. The minimum atomic E-state index is -1.96. The fourth-order valence-corrected chi connectivity index (χ4v) is 1.47. The highest BCUT2D eigenvalue weighted by Crippen LogP contribution is 2.12. The lowest BCUT2D eigenvalue weighted by molar-refractivity contribution is -0.166. The van der Waals surface area contributed by atoms with Gasteiger partial charge in [0.2, 0.25) is 0 Å². The molecule has 0 saturated heterocycles. The molecule has 0 bridgehead atoms. The van der Waals surface area contributed by atoms with Gasteiger partial charge in [-0.2, -0.15) is 0 Å². The van der Waals surface area contributed by atoms with Gasteiger partial charge in [0, 0.05) is 0 Å². The van der Waals surface area contributed by atoms with Crippen molar-refractivity contribution in [3.8, 4) is 0 Å². The predicted octanol–water partition coefficient (Wildman–Crippen LogP) is 0.646. The van der Waals surface area contributed by atoms with E-state index in [0.29, 0.717) is 6.42 Å². The quantitative estimate of drug-likeness (QED) is 0.395. The molecule has 0 aromatic heterocycles. The summed E-state index contributed by atoms with van der Waals surface area (Å²) in [4.78, 5) is 32.6. The summed E-state index contributed by atoms with van der Waals surface area (Å²) in [7, 11) is 0. The molecule has 0 rings (SSSR count). The fourth-order valence-electron chi connectivity index (χ4n) is 1.47. The number of carbonyl (C=O) groups is 3. The van der Waals surface area contributed by atoms with Crippen molar-refractivity contribution in [2.75, 3.05) is 6.61 Å². The lowest BCUT2D eigenvalue weighted by Crippen LogP contribution is -2.37. The van der Waals surface area contributed by atoms with Gasteiger partial charge in [-0.25, -0.2) is 4.79 Å². The number of rotatable bonds is 10. The number of carboxylic acids is 2. The number of esters is 1. The number of carboxylic acid groups (broad SMARTS) is 2. The molecule has 110 valence electrons. The topological polar surface area (TPSA) is 121 Å². The highest BCUT2D eigenvalue weighted by Gasteiger charge is 2.35. The zero-order valence-electron chi connectivity index (χ0n) is 10.9. The lowest BCUT2D eigenvalue weighted by Gasteiger charge is -2.16. The van der Waals surface area contributed by atoms with Crippen LogP contribution in [-0.4, -0.2) is 45.9 Å². The molecule has 2 unspecified atom stereocenters. The zero-order chi connectivity index (χ0) is 14.8. The van der Waals surface area contributed by atoms with Crippen LogP contribution in [0.1, 0.15) is 39.0 Å². The van der Waals surface area contributed by atoms with Crippen LogP contribution in [0.25, 0.3) is 0 Å². The Morgan fingerprint density at radius 3 is 2.21 bits per heavy atom. The molecule has 0 aromatic rings. The average molecular weight is 276 g/mol. The summed E-state index contributed by atoms with van der Waals surface area (Å²) >= 11 is 0. The standard InChI is InChI=1S/C12H20O7/c1-2-3-4-5-6-19-12(18)10(15)8(11(16)17)7-9(13)14/h8,10,15H,2-7H2,1H3,(H,13,14)(H,16,17). The van der Waals surface area contributed by atoms with E-state index in [1.807, 2.05) is 6.92 Å². The van der Waals surface area contributed by atoms with Crippen molar-refractivity contribution in [3.63, 3.8) is 0 Å². The maximum Gasteiger partial charge on any atom is 0.335 e. The largest absolute Gasteiger partial charge is 0.481 e. The lowest BCUT2D eigenvalue weighted by atomic mass is 9.99. The van der Waals surface area contributed by atoms with E-state index < -0.39 is 36.4 Å². The van der Waals surface area contributed by atoms with Crippen molar-refractivity contribution in [2.24, 2.45) is 5.92 Å². The number of aliphatic carboxylic acids is 2. The second kappa shape index (κ2) is 9.32. The molecule has 19 heavy (non-hydrogen) atoms. The summed E-state index contributed by atoms with van der Waals surface area (Å²) in [5, 5.41) is 26.7. The van der Waals surface area contributed by atoms with Crippen LogP contribution in [0, 0.1) is 5.92 Å². The van der Waals surface area contributed by atoms with Crippen molar-refractivity contribution in [1.82, 2.24) is 0 Å². The molecule has 0 aliphatic rings. The first kappa shape index (κ1) is 17.4. The number of aliphatic hydroxyl groups is 1. The summed E-state index contributed by atoms with van der Waals surface area (Å²) in [6, 6.07) is 0. The van der Waals surface area contributed by atoms with Gasteiger partial charge in [-0.3, -0.25) is 9.59 Å². The Kier molecular flexibility index (Phi) is 8.52. The van der Waals surface area contributed by atoms with Crippen LogP contribution < -0.4 is 0 Å². The molecule has 0 aromatic carbocycles. The van der Waals surface area contributed by atoms with Gasteiger partial charge in [0.15, 0.2) is 6.10 Å². The van der Waals surface area contributed by atoms with Crippen LogP contribution in [0.2, 0.25) is 0 Å². The smallest absolute Gasteiger partial charge is 0.335 e. The number of ether oxygens (including phenoxy) is 1. The van der Waals surface area contributed by atoms with E-state index in [4.69, 9.17) is 14.9 Å². The van der Waals surface area contributed by atoms with Crippen LogP contribution >= 0.6 is 0 Å². The van der Waals surface area contributed by atoms with Gasteiger partial charge >= 0.3 is 17.9 Å². The van der Waals surface area contributed by atoms with Crippen LogP contribution in [0.4, 0.5) is 0 Å². The second-order valence-electron chi connectivity index (χ2n) is 4.22. The predicted molar refractivity (Wildman–Crippen MR) is 64.5 cm³/mol. The Labute approximate surface area is 111 Å². The average Bonchev–Trinajstić information content (AvgIpc) is 2.34. The fraction of sp³-hybridized carbons (Fsp3) is 0.750. The third-order valence-electron chi connectivity index (χ3n) is 2.58. The van der Waals surface area contributed by atoms with Crippen molar-refractivity contribution in [3.05, 3.63) is 0 Å². The molecule has 0 spiro atoms. The molecule has 2 atom stereocenters. The van der Waals surface area contributed by atoms with E-state index in [1.165, 1.54) is 0 Å². The van der Waals surface area contributed by atoms with Crippen molar-refractivity contribution < 1.29 is 34.4 Å². The van der Waals surface area contributed by atoms with Crippen LogP contribution in [-0.2, 0) is 19.1 Å². The molecule has 0 fully saturated rings. The third kappa shape index (κ3) is 7.40. The van der Waals surface area contributed by atoms with Gasteiger partial charge in [0.05, 0.1) is 13.0 Å². The Bertz CT molecular complexity index is 313. The van der Waals surface area contributed by atoms with Crippen LogP contribution in [0.5, 0.6) is 0 Å². The van der Waals surface area contributed by atoms with Crippen molar-refractivity contribution >= 4 is 17.9 Å². The van der Waals surface area contributed by atoms with E-state index in [-0.39, 0.29) is 6.61 Å². The Morgan fingerprint density at radius 1 is 1.11 bits per heavy atom. The molecule has 3 N–H and O–H groups in total. The minimum absolute atomic E-state index is 0.0926. The molecule has 7 heteroatoms. The van der Waals surface area contributed by atoms with Gasteiger partial charge in [0.1, 0.15) is 5.92 Å². The summed E-state index contributed by atoms with van der Waals surface area (Å²) in [5.41, 5.74) is 0. The SMILES string of the molecule is CCCCCCOC(=O)C(O)C(CC(=O)O)C(=O)O. The molecule has 0 aliphatic heterocycles. The van der Waals surface area contributed by atoms with Crippen LogP contribution in [0.15, 0.2) is 0 Å². The van der Waals surface area contributed by atoms with E-state index in [0.717, 1.165) is 19.3 Å². The van der Waals surface area contributed by atoms with Crippen molar-refractivity contribution in [2.45, 2.75) is 45.1 Å². The Hall–Kier alpha value is -1.63. The first-order chi connectivity index (χ1) is 8.90. The molecule has 7 nitrogen and oxygen atoms in total. The number of aliphatic hydroxyl groups excluding tert-OH is 1. The molecule has 0 heterocycles. The highest BCUT2D eigenvalue weighted by molar-refractivity contribution is 5.85. The maximum atomic E-state index is 11.4. The molecular formula is C12H20O7. The maximum absolute atomic E-state index is 11.4. The second-order valence-corrected chi connectivity index (χ2v) is 4.22. The Balaban J connectivity index is 4.19. The number of unbranched alkanes of at least 4 members (excludes halogenated alkanes) is 3. The third-order valence-corrected chi connectivity index (χ3v) is 2.58. The number of hydrogen-bond donors (Lipinski definition) is 3. The van der Waals surface area contributed by atoms with Gasteiger partial charge in [0.25, 0.3) is 0 Å². The summed E-state index contributed by atoms with van der Waals surface area (Å²) in [5.74, 6) is -5.73. The zero-order valence-corrected chi connectivity index (χ0v) is 10.9. The van der Waals surface area contributed by atoms with Gasteiger partial charge in [-0.1, -0.05) is 26.2 Å². The Morgan fingerprint density at radius 2 is 1.74 bits per heavy atom. The normalized spacial score (nSPS) is 13.6. The monoisotopic (exact) mass is 276 g/mol. The number of hydrogen-bond acceptors (Lipinski definition) is 5. The van der Waals surface area contributed by atoms with E-state index in [1.54, 1.807) is 0 Å². The first-order valence-corrected chi connectivity index (χ1v) is 6.19. The molecule has 0 radical (unpaired) electrons. The highest BCUT2D eigenvalue weighted by atomic mass is 16.5.